The molecule has 0 radical (unpaired) electrons. The lowest BCUT2D eigenvalue weighted by molar-refractivity contribution is -0.384. The molecule has 0 atom stereocenters. The molecule has 0 aliphatic heterocycles. The van der Waals surface area contributed by atoms with E-state index in [-0.39, 0.29) is 11.6 Å². The van der Waals surface area contributed by atoms with E-state index < -0.39 is 4.92 Å². The normalized spacial score (nSPS) is 10.7. The van der Waals surface area contributed by atoms with Crippen molar-refractivity contribution in [2.75, 3.05) is 12.4 Å². The number of hydrogen-bond donors (Lipinski definition) is 1. The molecule has 1 amide bonds. The second-order valence-corrected chi connectivity index (χ2v) is 6.19. The number of rotatable bonds is 5. The minimum atomic E-state index is -0.513. The Bertz CT molecular complexity index is 1210. The highest BCUT2D eigenvalue weighted by molar-refractivity contribution is 6.04. The number of non-ortho nitro benzene ring substituents is 1. The van der Waals surface area contributed by atoms with Crippen molar-refractivity contribution in [2.24, 2.45) is 0 Å². The van der Waals surface area contributed by atoms with Crippen molar-refractivity contribution in [1.82, 2.24) is 4.98 Å². The van der Waals surface area contributed by atoms with Crippen LogP contribution in [0.4, 0.5) is 11.4 Å². The number of nitro groups is 1. The van der Waals surface area contributed by atoms with Gasteiger partial charge >= 0.3 is 0 Å². The lowest BCUT2D eigenvalue weighted by Gasteiger charge is -2.06. The van der Waals surface area contributed by atoms with Crippen LogP contribution in [0.2, 0.25) is 0 Å². The molecule has 3 aromatic carbocycles. The van der Waals surface area contributed by atoms with Crippen molar-refractivity contribution in [1.29, 1.82) is 0 Å². The third kappa shape index (κ3) is 3.77. The summed E-state index contributed by atoms with van der Waals surface area (Å²) in [4.78, 5) is 27.1. The largest absolute Gasteiger partial charge is 0.497 e. The summed E-state index contributed by atoms with van der Waals surface area (Å²) in [6.07, 6.45) is 0. The van der Waals surface area contributed by atoms with Gasteiger partial charge in [0.25, 0.3) is 11.6 Å². The molecule has 4 aromatic rings. The summed E-state index contributed by atoms with van der Waals surface area (Å²) in [5.74, 6) is 0.723. The fourth-order valence-corrected chi connectivity index (χ4v) is 2.83. The van der Waals surface area contributed by atoms with Crippen LogP contribution in [0, 0.1) is 10.1 Å². The monoisotopic (exact) mass is 389 g/mol. The molecule has 1 aromatic heterocycles. The van der Waals surface area contributed by atoms with Gasteiger partial charge in [-0.3, -0.25) is 14.9 Å². The molecule has 8 nitrogen and oxygen atoms in total. The Hall–Kier alpha value is -4.20. The highest BCUT2D eigenvalue weighted by Crippen LogP contribution is 2.28. The maximum atomic E-state index is 12.4. The summed E-state index contributed by atoms with van der Waals surface area (Å²) in [6, 6.07) is 17.8. The van der Waals surface area contributed by atoms with Crippen LogP contribution in [0.1, 0.15) is 10.4 Å². The van der Waals surface area contributed by atoms with E-state index in [1.807, 2.05) is 6.07 Å². The number of fused-ring (bicyclic) bond motifs is 1. The molecule has 0 aliphatic rings. The van der Waals surface area contributed by atoms with E-state index in [1.165, 1.54) is 24.3 Å². The van der Waals surface area contributed by atoms with Gasteiger partial charge in [-0.05, 0) is 42.5 Å². The van der Waals surface area contributed by atoms with Crippen LogP contribution < -0.4 is 10.1 Å². The molecule has 1 heterocycles. The molecule has 29 heavy (non-hydrogen) atoms. The molecule has 0 spiro atoms. The minimum absolute atomic E-state index is 0.0730. The Morgan fingerprint density at radius 3 is 2.62 bits per heavy atom. The maximum absolute atomic E-state index is 12.4. The summed E-state index contributed by atoms with van der Waals surface area (Å²) in [5.41, 5.74) is 2.78. The van der Waals surface area contributed by atoms with Crippen LogP contribution in [0.5, 0.6) is 5.75 Å². The standard InChI is InChI=1S/C21H15N3O5/c1-28-17-9-10-19-18(12-17)23-21(29-19)14-3-2-4-15(11-14)22-20(25)13-5-7-16(8-6-13)24(26)27/h2-12H,1H3,(H,22,25). The summed E-state index contributed by atoms with van der Waals surface area (Å²) < 4.78 is 11.0. The number of benzene rings is 3. The minimum Gasteiger partial charge on any atom is -0.497 e. The van der Waals surface area contributed by atoms with Crippen LogP contribution in [-0.2, 0) is 0 Å². The van der Waals surface area contributed by atoms with Gasteiger partial charge in [0.2, 0.25) is 5.89 Å². The van der Waals surface area contributed by atoms with E-state index in [2.05, 4.69) is 10.3 Å². The molecular weight excluding hydrogens is 374 g/mol. The molecule has 8 heteroatoms. The number of carbonyl (C=O) groups is 1. The molecule has 0 saturated heterocycles. The summed E-state index contributed by atoms with van der Waals surface area (Å²) in [5, 5.41) is 13.5. The van der Waals surface area contributed by atoms with Gasteiger partial charge < -0.3 is 14.5 Å². The van der Waals surface area contributed by atoms with E-state index in [1.54, 1.807) is 43.5 Å². The lowest BCUT2D eigenvalue weighted by Crippen LogP contribution is -2.11. The zero-order chi connectivity index (χ0) is 20.4. The average Bonchev–Trinajstić information content (AvgIpc) is 3.17. The van der Waals surface area contributed by atoms with E-state index in [0.717, 1.165) is 0 Å². The Labute approximate surface area is 164 Å². The predicted molar refractivity (Wildman–Crippen MR) is 107 cm³/mol. The van der Waals surface area contributed by atoms with Crippen LogP contribution in [0.25, 0.3) is 22.6 Å². The summed E-state index contributed by atoms with van der Waals surface area (Å²) in [6.45, 7) is 0. The molecule has 1 N–H and O–H groups in total. The molecule has 4 rings (SSSR count). The number of ether oxygens (including phenoxy) is 1. The Balaban J connectivity index is 1.57. The first-order valence-corrected chi connectivity index (χ1v) is 8.64. The van der Waals surface area contributed by atoms with Gasteiger partial charge in [-0.1, -0.05) is 6.07 Å². The number of oxazole rings is 1. The second kappa shape index (κ2) is 7.43. The number of hydrogen-bond acceptors (Lipinski definition) is 6. The third-order valence-electron chi connectivity index (χ3n) is 4.30. The highest BCUT2D eigenvalue weighted by atomic mass is 16.6. The van der Waals surface area contributed by atoms with Gasteiger partial charge in [0.1, 0.15) is 11.3 Å². The predicted octanol–water partition coefficient (Wildman–Crippen LogP) is 4.66. The molecule has 144 valence electrons. The van der Waals surface area contributed by atoms with E-state index in [9.17, 15) is 14.9 Å². The molecule has 0 saturated carbocycles. The summed E-state index contributed by atoms with van der Waals surface area (Å²) in [7, 11) is 1.58. The third-order valence-corrected chi connectivity index (χ3v) is 4.30. The second-order valence-electron chi connectivity index (χ2n) is 6.19. The van der Waals surface area contributed by atoms with E-state index in [4.69, 9.17) is 9.15 Å². The first-order valence-electron chi connectivity index (χ1n) is 8.64. The van der Waals surface area contributed by atoms with Crippen LogP contribution in [-0.4, -0.2) is 22.9 Å². The van der Waals surface area contributed by atoms with Gasteiger partial charge in [0.15, 0.2) is 5.58 Å². The fraction of sp³-hybridized carbons (Fsp3) is 0.0476. The highest BCUT2D eigenvalue weighted by Gasteiger charge is 2.12. The molecule has 0 unspecified atom stereocenters. The maximum Gasteiger partial charge on any atom is 0.269 e. The van der Waals surface area contributed by atoms with E-state index >= 15 is 0 Å². The Kier molecular flexibility index (Phi) is 4.66. The van der Waals surface area contributed by atoms with Crippen molar-refractivity contribution in [3.63, 3.8) is 0 Å². The molecule has 0 aliphatic carbocycles. The number of nitrogens with zero attached hydrogens (tertiary/aromatic N) is 2. The lowest BCUT2D eigenvalue weighted by atomic mass is 10.1. The number of nitro benzene ring substituents is 1. The van der Waals surface area contributed by atoms with Crippen molar-refractivity contribution in [3.05, 3.63) is 82.4 Å². The quantitative estimate of drug-likeness (QED) is 0.393. The SMILES string of the molecule is COc1ccc2oc(-c3cccc(NC(=O)c4ccc([N+](=O)[O-])cc4)c3)nc2c1. The Morgan fingerprint density at radius 1 is 1.10 bits per heavy atom. The number of aromatic nitrogens is 1. The number of nitrogens with one attached hydrogen (secondary N) is 1. The van der Waals surface area contributed by atoms with Crippen LogP contribution >= 0.6 is 0 Å². The Morgan fingerprint density at radius 2 is 1.90 bits per heavy atom. The van der Waals surface area contributed by atoms with Crippen molar-refractivity contribution in [3.8, 4) is 17.2 Å². The van der Waals surface area contributed by atoms with Gasteiger partial charge in [0.05, 0.1) is 12.0 Å². The average molecular weight is 389 g/mol. The van der Waals surface area contributed by atoms with Crippen LogP contribution in [0.3, 0.4) is 0 Å². The van der Waals surface area contributed by atoms with Gasteiger partial charge in [0, 0.05) is 35.0 Å². The first kappa shape index (κ1) is 18.2. The number of anilines is 1. The van der Waals surface area contributed by atoms with Crippen molar-refractivity contribution in [2.45, 2.75) is 0 Å². The molecule has 0 bridgehead atoms. The van der Waals surface area contributed by atoms with E-state index in [0.29, 0.717) is 39.6 Å². The van der Waals surface area contributed by atoms with Crippen molar-refractivity contribution < 1.29 is 18.9 Å². The fourth-order valence-electron chi connectivity index (χ4n) is 2.83. The summed E-state index contributed by atoms with van der Waals surface area (Å²) >= 11 is 0. The number of amides is 1. The zero-order valence-electron chi connectivity index (χ0n) is 15.3. The van der Waals surface area contributed by atoms with Gasteiger partial charge in [-0.2, -0.15) is 0 Å². The molecular formula is C21H15N3O5. The number of carbonyl (C=O) groups excluding carboxylic acids is 1. The zero-order valence-corrected chi connectivity index (χ0v) is 15.3. The smallest absolute Gasteiger partial charge is 0.269 e. The first-order chi connectivity index (χ1) is 14.0. The van der Waals surface area contributed by atoms with Crippen molar-refractivity contribution >= 4 is 28.4 Å². The number of methoxy groups -OCH3 is 1. The van der Waals surface area contributed by atoms with Crippen LogP contribution in [0.15, 0.2) is 71.1 Å². The molecule has 0 fully saturated rings. The van der Waals surface area contributed by atoms with Gasteiger partial charge in [-0.25, -0.2) is 4.98 Å². The van der Waals surface area contributed by atoms with Gasteiger partial charge in [-0.15, -0.1) is 0 Å². The topological polar surface area (TPSA) is 108 Å².